The molecule has 0 saturated heterocycles. The number of fused-ring (bicyclic) bond motifs is 1. The van der Waals surface area contributed by atoms with Gasteiger partial charge in [0.15, 0.2) is 0 Å². The first kappa shape index (κ1) is 15.1. The summed E-state index contributed by atoms with van der Waals surface area (Å²) in [7, 11) is 2.64. The summed E-state index contributed by atoms with van der Waals surface area (Å²) in [6.45, 7) is 1.50. The molecule has 1 heterocycles. The highest BCUT2D eigenvalue weighted by Gasteiger charge is 2.45. The minimum Gasteiger partial charge on any atom is -0.496 e. The predicted octanol–water partition coefficient (Wildman–Crippen LogP) is 1.93. The van der Waals surface area contributed by atoms with E-state index < -0.39 is 24.0 Å². The van der Waals surface area contributed by atoms with Gasteiger partial charge >= 0.3 is 5.97 Å². The van der Waals surface area contributed by atoms with Gasteiger partial charge in [0, 0.05) is 10.6 Å². The Bertz CT molecular complexity index is 653. The Labute approximate surface area is 126 Å². The second-order valence-electron chi connectivity index (χ2n) is 4.48. The van der Waals surface area contributed by atoms with Gasteiger partial charge in [0.05, 0.1) is 25.9 Å². The number of ether oxygens (including phenoxy) is 2. The molecule has 1 aliphatic rings. The third-order valence-electron chi connectivity index (χ3n) is 3.46. The lowest BCUT2D eigenvalue weighted by Crippen LogP contribution is -2.41. The zero-order valence-electron chi connectivity index (χ0n) is 11.7. The van der Waals surface area contributed by atoms with Gasteiger partial charge in [-0.05, 0) is 19.1 Å². The number of rotatable bonds is 3. The lowest BCUT2D eigenvalue weighted by molar-refractivity contribution is -0.145. The van der Waals surface area contributed by atoms with Gasteiger partial charge in [-0.2, -0.15) is 5.26 Å². The number of benzene rings is 1. The van der Waals surface area contributed by atoms with Gasteiger partial charge in [0.2, 0.25) is 0 Å². The number of nitrogens with zero attached hydrogens (tertiary/aromatic N) is 2. The van der Waals surface area contributed by atoms with Crippen molar-refractivity contribution >= 4 is 23.5 Å². The second-order valence-corrected chi connectivity index (χ2v) is 4.89. The van der Waals surface area contributed by atoms with Crippen LogP contribution in [0.1, 0.15) is 28.9 Å². The number of carbonyl (C=O) groups excluding carboxylic acids is 2. The molecule has 7 heteroatoms. The summed E-state index contributed by atoms with van der Waals surface area (Å²) in [5.41, 5.74) is 0.576. The predicted molar refractivity (Wildman–Crippen MR) is 74.0 cm³/mol. The molecule has 1 aliphatic heterocycles. The van der Waals surface area contributed by atoms with E-state index in [-0.39, 0.29) is 10.6 Å². The lowest BCUT2D eigenvalue weighted by atomic mass is 10.0. The summed E-state index contributed by atoms with van der Waals surface area (Å²) in [5.74, 6) is -0.764. The highest BCUT2D eigenvalue weighted by Crippen LogP contribution is 2.43. The molecule has 0 fully saturated rings. The van der Waals surface area contributed by atoms with Crippen molar-refractivity contribution in [2.45, 2.75) is 19.0 Å². The van der Waals surface area contributed by atoms with Crippen molar-refractivity contribution in [1.29, 1.82) is 5.26 Å². The molecule has 1 aromatic carbocycles. The van der Waals surface area contributed by atoms with E-state index in [1.165, 1.54) is 21.1 Å². The first-order chi connectivity index (χ1) is 9.97. The average molecular weight is 309 g/mol. The number of carbonyl (C=O) groups is 2. The zero-order chi connectivity index (χ0) is 15.7. The molecular weight excluding hydrogens is 296 g/mol. The Morgan fingerprint density at radius 1 is 1.48 bits per heavy atom. The van der Waals surface area contributed by atoms with E-state index >= 15 is 0 Å². The molecule has 2 atom stereocenters. The van der Waals surface area contributed by atoms with Crippen LogP contribution in [0.5, 0.6) is 5.75 Å². The average Bonchev–Trinajstić information content (AvgIpc) is 2.80. The Kier molecular flexibility index (Phi) is 4.05. The van der Waals surface area contributed by atoms with Crippen molar-refractivity contribution in [2.24, 2.45) is 0 Å². The molecule has 0 aliphatic carbocycles. The van der Waals surface area contributed by atoms with Gasteiger partial charge in [0.1, 0.15) is 17.8 Å². The molecule has 2 rings (SSSR count). The van der Waals surface area contributed by atoms with Crippen LogP contribution in [-0.2, 0) is 9.53 Å². The molecule has 0 aromatic heterocycles. The van der Waals surface area contributed by atoms with Gasteiger partial charge < -0.3 is 14.4 Å². The summed E-state index contributed by atoms with van der Waals surface area (Å²) in [5, 5.41) is 9.68. The minimum absolute atomic E-state index is 0.215. The van der Waals surface area contributed by atoms with Crippen LogP contribution in [0.3, 0.4) is 0 Å². The van der Waals surface area contributed by atoms with E-state index in [1.54, 1.807) is 12.1 Å². The van der Waals surface area contributed by atoms with E-state index in [0.717, 1.165) is 4.90 Å². The molecule has 0 radical (unpaired) electrons. The Morgan fingerprint density at radius 2 is 2.14 bits per heavy atom. The SMILES string of the molecule is COC(=O)C(C)N1C(=O)c2c(OC)ccc(Cl)c2C1C#N. The van der Waals surface area contributed by atoms with Crippen molar-refractivity contribution in [1.82, 2.24) is 4.90 Å². The molecule has 0 bridgehead atoms. The number of halogens is 1. The van der Waals surface area contributed by atoms with Crippen LogP contribution in [0.2, 0.25) is 5.02 Å². The van der Waals surface area contributed by atoms with E-state index in [1.807, 2.05) is 6.07 Å². The number of methoxy groups -OCH3 is 2. The zero-order valence-corrected chi connectivity index (χ0v) is 12.5. The third kappa shape index (κ3) is 2.20. The first-order valence-corrected chi connectivity index (χ1v) is 6.52. The van der Waals surface area contributed by atoms with Crippen molar-refractivity contribution < 1.29 is 19.1 Å². The fourth-order valence-electron chi connectivity index (χ4n) is 2.43. The molecule has 0 spiro atoms. The van der Waals surface area contributed by atoms with Crippen molar-refractivity contribution in [3.63, 3.8) is 0 Å². The molecule has 0 N–H and O–H groups in total. The Balaban J connectivity index is 2.61. The van der Waals surface area contributed by atoms with E-state index in [9.17, 15) is 14.9 Å². The number of hydrogen-bond donors (Lipinski definition) is 0. The smallest absolute Gasteiger partial charge is 0.328 e. The summed E-state index contributed by atoms with van der Waals surface area (Å²) < 4.78 is 9.80. The van der Waals surface area contributed by atoms with Gasteiger partial charge in [-0.3, -0.25) is 4.79 Å². The van der Waals surface area contributed by atoms with Gasteiger partial charge in [-0.1, -0.05) is 11.6 Å². The Morgan fingerprint density at radius 3 is 2.67 bits per heavy atom. The maximum Gasteiger partial charge on any atom is 0.328 e. The largest absolute Gasteiger partial charge is 0.496 e. The van der Waals surface area contributed by atoms with Crippen molar-refractivity contribution in [2.75, 3.05) is 14.2 Å². The van der Waals surface area contributed by atoms with Crippen molar-refractivity contribution in [3.8, 4) is 11.8 Å². The van der Waals surface area contributed by atoms with Crippen LogP contribution in [0.4, 0.5) is 0 Å². The molecule has 21 heavy (non-hydrogen) atoms. The normalized spacial score (nSPS) is 18.0. The molecule has 2 unspecified atom stereocenters. The standard InChI is InChI=1S/C14H13ClN2O4/c1-7(14(19)21-3)17-9(6-16)11-8(15)4-5-10(20-2)12(11)13(17)18/h4-5,7,9H,1-3H3. The highest BCUT2D eigenvalue weighted by molar-refractivity contribution is 6.32. The fraction of sp³-hybridized carbons (Fsp3) is 0.357. The van der Waals surface area contributed by atoms with Gasteiger partial charge in [-0.15, -0.1) is 0 Å². The topological polar surface area (TPSA) is 79.6 Å². The van der Waals surface area contributed by atoms with Crippen LogP contribution in [0, 0.1) is 11.3 Å². The molecule has 1 amide bonds. The monoisotopic (exact) mass is 308 g/mol. The maximum atomic E-state index is 12.6. The van der Waals surface area contributed by atoms with E-state index in [4.69, 9.17) is 16.3 Å². The number of hydrogen-bond acceptors (Lipinski definition) is 5. The van der Waals surface area contributed by atoms with Crippen LogP contribution >= 0.6 is 11.6 Å². The van der Waals surface area contributed by atoms with Crippen LogP contribution in [-0.4, -0.2) is 37.0 Å². The number of nitriles is 1. The van der Waals surface area contributed by atoms with E-state index in [0.29, 0.717) is 11.3 Å². The fourth-order valence-corrected chi connectivity index (χ4v) is 2.69. The summed E-state index contributed by atoms with van der Waals surface area (Å²) in [4.78, 5) is 25.5. The van der Waals surface area contributed by atoms with Crippen LogP contribution < -0.4 is 4.74 Å². The minimum atomic E-state index is -0.954. The number of esters is 1. The molecule has 6 nitrogen and oxygen atoms in total. The molecule has 110 valence electrons. The molecule has 1 aromatic rings. The summed E-state index contributed by atoms with van der Waals surface area (Å²) >= 11 is 6.12. The molecular formula is C14H13ClN2O4. The maximum absolute atomic E-state index is 12.6. The summed E-state index contributed by atoms with van der Waals surface area (Å²) in [6.07, 6.45) is 0. The highest BCUT2D eigenvalue weighted by atomic mass is 35.5. The third-order valence-corrected chi connectivity index (χ3v) is 3.79. The van der Waals surface area contributed by atoms with Crippen LogP contribution in [0.15, 0.2) is 12.1 Å². The number of amides is 1. The van der Waals surface area contributed by atoms with Gasteiger partial charge in [0.25, 0.3) is 5.91 Å². The van der Waals surface area contributed by atoms with Gasteiger partial charge in [-0.25, -0.2) is 4.79 Å². The molecule has 0 saturated carbocycles. The van der Waals surface area contributed by atoms with E-state index in [2.05, 4.69) is 4.74 Å². The lowest BCUT2D eigenvalue weighted by Gasteiger charge is -2.25. The Hall–Kier alpha value is -2.26. The quantitative estimate of drug-likeness (QED) is 0.797. The van der Waals surface area contributed by atoms with Crippen molar-refractivity contribution in [3.05, 3.63) is 28.3 Å². The second kappa shape index (κ2) is 5.62. The summed E-state index contributed by atoms with van der Waals surface area (Å²) in [6, 6.07) is 3.27. The first-order valence-electron chi connectivity index (χ1n) is 6.14. The van der Waals surface area contributed by atoms with Crippen LogP contribution in [0.25, 0.3) is 0 Å².